The van der Waals surface area contributed by atoms with Crippen LogP contribution < -0.4 is 5.32 Å². The summed E-state index contributed by atoms with van der Waals surface area (Å²) in [6.45, 7) is 7.91. The molecule has 1 aliphatic rings. The average Bonchev–Trinajstić information content (AvgIpc) is 3.00. The second-order valence-electron chi connectivity index (χ2n) is 5.35. The van der Waals surface area contributed by atoms with Crippen molar-refractivity contribution in [2.45, 2.75) is 26.3 Å². The Morgan fingerprint density at radius 1 is 1.47 bits per heavy atom. The molecule has 3 heterocycles. The van der Waals surface area contributed by atoms with Gasteiger partial charge in [0.15, 0.2) is 4.96 Å². The quantitative estimate of drug-likeness (QED) is 0.910. The lowest BCUT2D eigenvalue weighted by Crippen LogP contribution is -2.36. The van der Waals surface area contributed by atoms with Gasteiger partial charge in [0.1, 0.15) is 0 Å². The summed E-state index contributed by atoms with van der Waals surface area (Å²) in [6.07, 6.45) is 6.88. The highest BCUT2D eigenvalue weighted by Crippen LogP contribution is 2.16. The maximum absolute atomic E-state index is 4.68. The molecule has 0 unspecified atom stereocenters. The van der Waals surface area contributed by atoms with Gasteiger partial charge in [-0.15, -0.1) is 11.3 Å². The van der Waals surface area contributed by atoms with E-state index in [2.05, 4.69) is 44.3 Å². The van der Waals surface area contributed by atoms with E-state index in [0.29, 0.717) is 0 Å². The van der Waals surface area contributed by atoms with Crippen LogP contribution in [0.5, 0.6) is 0 Å². The van der Waals surface area contributed by atoms with Gasteiger partial charge in [0.25, 0.3) is 0 Å². The van der Waals surface area contributed by atoms with Crippen LogP contribution >= 0.6 is 11.3 Å². The number of nitrogens with zero attached hydrogens (tertiary/aromatic N) is 3. The number of fused-ring (bicyclic) bond motifs is 1. The van der Waals surface area contributed by atoms with E-state index in [0.717, 1.165) is 24.0 Å². The van der Waals surface area contributed by atoms with E-state index < -0.39 is 0 Å². The average molecular weight is 278 g/mol. The molecule has 0 radical (unpaired) electrons. The first-order chi connectivity index (χ1) is 9.35. The Morgan fingerprint density at radius 3 is 3.05 bits per heavy atom. The van der Waals surface area contributed by atoms with E-state index >= 15 is 0 Å². The molecule has 0 saturated carbocycles. The number of hydrogen-bond donors (Lipinski definition) is 1. The zero-order chi connectivity index (χ0) is 13.1. The Balaban J connectivity index is 1.60. The number of piperidine rings is 1. The van der Waals surface area contributed by atoms with E-state index in [9.17, 15) is 0 Å². The van der Waals surface area contributed by atoms with E-state index in [-0.39, 0.29) is 0 Å². The Hall–Kier alpha value is -0.910. The molecular formula is C14H22N4S. The first-order valence-corrected chi connectivity index (χ1v) is 8.07. The van der Waals surface area contributed by atoms with Crippen molar-refractivity contribution in [3.63, 3.8) is 0 Å². The summed E-state index contributed by atoms with van der Waals surface area (Å²) in [6, 6.07) is 0. The molecule has 19 heavy (non-hydrogen) atoms. The lowest BCUT2D eigenvalue weighted by molar-refractivity contribution is 0.205. The molecule has 0 bridgehead atoms. The Kier molecular flexibility index (Phi) is 4.15. The van der Waals surface area contributed by atoms with Crippen molar-refractivity contribution in [2.24, 2.45) is 5.92 Å². The van der Waals surface area contributed by atoms with E-state index in [4.69, 9.17) is 0 Å². The molecule has 5 heteroatoms. The summed E-state index contributed by atoms with van der Waals surface area (Å²) in [5.41, 5.74) is 1.20. The maximum Gasteiger partial charge on any atom is 0.193 e. The van der Waals surface area contributed by atoms with Crippen molar-refractivity contribution in [3.05, 3.63) is 23.5 Å². The van der Waals surface area contributed by atoms with Gasteiger partial charge < -0.3 is 5.32 Å². The zero-order valence-corrected chi connectivity index (χ0v) is 12.3. The van der Waals surface area contributed by atoms with Crippen LogP contribution in [-0.2, 0) is 6.54 Å². The molecule has 0 aromatic carbocycles. The van der Waals surface area contributed by atoms with E-state index in [1.54, 1.807) is 11.3 Å². The SMILES string of the molecule is CCN(Cc1cn2ccsc2n1)CC1CCNCC1. The highest BCUT2D eigenvalue weighted by molar-refractivity contribution is 7.15. The lowest BCUT2D eigenvalue weighted by atomic mass is 9.97. The monoisotopic (exact) mass is 278 g/mol. The van der Waals surface area contributed by atoms with Crippen molar-refractivity contribution in [2.75, 3.05) is 26.2 Å². The zero-order valence-electron chi connectivity index (χ0n) is 11.5. The van der Waals surface area contributed by atoms with Gasteiger partial charge in [-0.1, -0.05) is 6.92 Å². The predicted molar refractivity (Wildman–Crippen MR) is 79.6 cm³/mol. The van der Waals surface area contributed by atoms with Crippen LogP contribution in [0.2, 0.25) is 0 Å². The normalized spacial score (nSPS) is 17.6. The van der Waals surface area contributed by atoms with Crippen molar-refractivity contribution in [3.8, 4) is 0 Å². The van der Waals surface area contributed by atoms with E-state index in [1.807, 2.05) is 0 Å². The van der Waals surface area contributed by atoms with Gasteiger partial charge in [0.05, 0.1) is 5.69 Å². The molecule has 104 valence electrons. The fourth-order valence-electron chi connectivity index (χ4n) is 2.82. The number of nitrogens with one attached hydrogen (secondary N) is 1. The molecule has 1 aliphatic heterocycles. The van der Waals surface area contributed by atoms with Crippen LogP contribution in [0, 0.1) is 5.92 Å². The second-order valence-corrected chi connectivity index (χ2v) is 6.22. The molecule has 4 nitrogen and oxygen atoms in total. The Bertz CT molecular complexity index is 484. The number of imidazole rings is 1. The molecule has 0 amide bonds. The minimum atomic E-state index is 0.852. The summed E-state index contributed by atoms with van der Waals surface area (Å²) in [5.74, 6) is 0.852. The maximum atomic E-state index is 4.68. The fraction of sp³-hybridized carbons (Fsp3) is 0.643. The molecule has 1 fully saturated rings. The van der Waals surface area contributed by atoms with Gasteiger partial charge in [-0.25, -0.2) is 4.98 Å². The summed E-state index contributed by atoms with van der Waals surface area (Å²) in [4.78, 5) is 8.32. The minimum Gasteiger partial charge on any atom is -0.317 e. The molecule has 1 saturated heterocycles. The topological polar surface area (TPSA) is 32.6 Å². The van der Waals surface area contributed by atoms with Gasteiger partial charge in [0.2, 0.25) is 0 Å². The smallest absolute Gasteiger partial charge is 0.193 e. The highest BCUT2D eigenvalue weighted by atomic mass is 32.1. The number of rotatable bonds is 5. The highest BCUT2D eigenvalue weighted by Gasteiger charge is 2.17. The number of thiazole rings is 1. The first kappa shape index (κ1) is 13.1. The van der Waals surface area contributed by atoms with Gasteiger partial charge >= 0.3 is 0 Å². The number of hydrogen-bond acceptors (Lipinski definition) is 4. The fourth-order valence-corrected chi connectivity index (χ4v) is 3.54. The van der Waals surface area contributed by atoms with Crippen LogP contribution in [0.4, 0.5) is 0 Å². The van der Waals surface area contributed by atoms with E-state index in [1.165, 1.54) is 38.2 Å². The third kappa shape index (κ3) is 3.16. The summed E-state index contributed by atoms with van der Waals surface area (Å²) in [7, 11) is 0. The van der Waals surface area contributed by atoms with Crippen molar-refractivity contribution in [1.82, 2.24) is 19.6 Å². The van der Waals surface area contributed by atoms with Crippen LogP contribution in [0.1, 0.15) is 25.5 Å². The number of aromatic nitrogens is 2. The molecule has 2 aromatic heterocycles. The third-order valence-corrected chi connectivity index (χ3v) is 4.72. The van der Waals surface area contributed by atoms with Crippen LogP contribution in [0.3, 0.4) is 0 Å². The van der Waals surface area contributed by atoms with Crippen molar-refractivity contribution >= 4 is 16.3 Å². The molecule has 3 rings (SSSR count). The van der Waals surface area contributed by atoms with Gasteiger partial charge in [0, 0.05) is 30.9 Å². The largest absolute Gasteiger partial charge is 0.317 e. The van der Waals surface area contributed by atoms with Gasteiger partial charge in [-0.2, -0.15) is 0 Å². The molecule has 1 N–H and O–H groups in total. The molecule has 0 aliphatic carbocycles. The predicted octanol–water partition coefficient (Wildman–Crippen LogP) is 2.22. The summed E-state index contributed by atoms with van der Waals surface area (Å²) < 4.78 is 2.12. The second kappa shape index (κ2) is 6.03. The van der Waals surface area contributed by atoms with Crippen molar-refractivity contribution in [1.29, 1.82) is 0 Å². The molecule has 0 atom stereocenters. The Labute approximate surface area is 118 Å². The molecule has 0 spiro atoms. The molecule has 2 aromatic rings. The van der Waals surface area contributed by atoms with Crippen LogP contribution in [-0.4, -0.2) is 40.5 Å². The third-order valence-electron chi connectivity index (χ3n) is 3.95. The summed E-state index contributed by atoms with van der Waals surface area (Å²) in [5, 5.41) is 5.52. The first-order valence-electron chi connectivity index (χ1n) is 7.19. The van der Waals surface area contributed by atoms with Crippen molar-refractivity contribution < 1.29 is 0 Å². The standard InChI is InChI=1S/C14H22N4S/c1-2-17(9-12-3-5-15-6-4-12)10-13-11-18-7-8-19-14(18)16-13/h7-8,11-12,15H,2-6,9-10H2,1H3. The summed E-state index contributed by atoms with van der Waals surface area (Å²) >= 11 is 1.70. The van der Waals surface area contributed by atoms with Crippen LogP contribution in [0.15, 0.2) is 17.8 Å². The lowest BCUT2D eigenvalue weighted by Gasteiger charge is -2.28. The minimum absolute atomic E-state index is 0.852. The Morgan fingerprint density at radius 2 is 2.32 bits per heavy atom. The van der Waals surface area contributed by atoms with Gasteiger partial charge in [-0.3, -0.25) is 9.30 Å². The van der Waals surface area contributed by atoms with Crippen LogP contribution in [0.25, 0.3) is 4.96 Å². The molecular weight excluding hydrogens is 256 g/mol. The van der Waals surface area contributed by atoms with Gasteiger partial charge in [-0.05, 0) is 38.4 Å².